The summed E-state index contributed by atoms with van der Waals surface area (Å²) in [7, 11) is 0. The summed E-state index contributed by atoms with van der Waals surface area (Å²) in [6, 6.07) is 16.1. The number of nitrogens with one attached hydrogen (secondary N) is 1. The van der Waals surface area contributed by atoms with E-state index in [2.05, 4.69) is 53.4 Å². The van der Waals surface area contributed by atoms with Crippen LogP contribution >= 0.6 is 11.3 Å². The van der Waals surface area contributed by atoms with Gasteiger partial charge in [0.25, 0.3) is 0 Å². The molecule has 0 saturated carbocycles. The number of anilines is 1. The number of hydrogen-bond acceptors (Lipinski definition) is 5. The minimum absolute atomic E-state index is 0.204. The maximum Gasteiger partial charge on any atom is 0.183 e. The number of rotatable bonds is 5. The summed E-state index contributed by atoms with van der Waals surface area (Å²) in [6.45, 7) is 4.36. The van der Waals surface area contributed by atoms with Crippen LogP contribution in [0.4, 0.5) is 5.13 Å². The second kappa shape index (κ2) is 7.37. The highest BCUT2D eigenvalue weighted by atomic mass is 32.1. The number of pyridine rings is 1. The van der Waals surface area contributed by atoms with Crippen LogP contribution in [0.1, 0.15) is 42.5 Å². The molecular formula is C22H21N3OS. The molecule has 0 aliphatic heterocycles. The number of nitrogens with zero attached hydrogens (tertiary/aromatic N) is 2. The molecule has 2 N–H and O–H groups in total. The predicted octanol–water partition coefficient (Wildman–Crippen LogP) is 5.72. The minimum Gasteiger partial charge on any atom is -0.505 e. The molecule has 0 aliphatic rings. The van der Waals surface area contributed by atoms with E-state index in [9.17, 15) is 5.11 Å². The third kappa shape index (κ3) is 3.51. The molecule has 0 saturated heterocycles. The second-order valence-electron chi connectivity index (χ2n) is 6.81. The van der Waals surface area contributed by atoms with E-state index in [1.807, 2.05) is 29.6 Å². The lowest BCUT2D eigenvalue weighted by Gasteiger charge is -2.21. The molecule has 4 nitrogen and oxygen atoms in total. The molecule has 0 radical (unpaired) electrons. The largest absolute Gasteiger partial charge is 0.505 e. The first kappa shape index (κ1) is 17.5. The number of benzene rings is 2. The van der Waals surface area contributed by atoms with Gasteiger partial charge in [-0.3, -0.25) is 4.98 Å². The maximum absolute atomic E-state index is 10.9. The molecular weight excluding hydrogens is 354 g/mol. The molecule has 2 heterocycles. The fraction of sp³-hybridized carbons (Fsp3) is 0.182. The van der Waals surface area contributed by atoms with Crippen molar-refractivity contribution in [2.24, 2.45) is 0 Å². The molecule has 27 heavy (non-hydrogen) atoms. The van der Waals surface area contributed by atoms with E-state index < -0.39 is 0 Å². The molecule has 4 rings (SSSR count). The molecule has 5 heteroatoms. The lowest BCUT2D eigenvalue weighted by Crippen LogP contribution is -2.13. The average molecular weight is 375 g/mol. The Morgan fingerprint density at radius 2 is 1.70 bits per heavy atom. The smallest absolute Gasteiger partial charge is 0.183 e. The third-order valence-corrected chi connectivity index (χ3v) is 5.43. The Hall–Kier alpha value is -2.92. The number of aromatic hydroxyl groups is 1. The van der Waals surface area contributed by atoms with E-state index in [1.165, 1.54) is 16.9 Å². The Balaban J connectivity index is 1.81. The molecule has 0 aliphatic carbocycles. The van der Waals surface area contributed by atoms with E-state index in [0.29, 0.717) is 11.4 Å². The van der Waals surface area contributed by atoms with Gasteiger partial charge in [-0.05, 0) is 23.1 Å². The van der Waals surface area contributed by atoms with Crippen LogP contribution < -0.4 is 5.32 Å². The van der Waals surface area contributed by atoms with Gasteiger partial charge in [0.05, 0.1) is 6.04 Å². The molecule has 1 atom stereocenters. The minimum atomic E-state index is -0.219. The van der Waals surface area contributed by atoms with Crippen LogP contribution in [0.3, 0.4) is 0 Å². The zero-order valence-corrected chi connectivity index (χ0v) is 16.1. The molecule has 2 aromatic heterocycles. The van der Waals surface area contributed by atoms with Crippen LogP contribution in [0, 0.1) is 0 Å². The fourth-order valence-electron chi connectivity index (χ4n) is 3.21. The monoisotopic (exact) mass is 375 g/mol. The second-order valence-corrected chi connectivity index (χ2v) is 7.71. The van der Waals surface area contributed by atoms with Crippen LogP contribution in [0.2, 0.25) is 0 Å². The molecule has 0 spiro atoms. The Labute approximate surface area is 162 Å². The molecule has 0 fully saturated rings. The summed E-state index contributed by atoms with van der Waals surface area (Å²) in [4.78, 5) is 8.72. The highest BCUT2D eigenvalue weighted by molar-refractivity contribution is 7.13. The quantitative estimate of drug-likeness (QED) is 0.468. The predicted molar refractivity (Wildman–Crippen MR) is 112 cm³/mol. The summed E-state index contributed by atoms with van der Waals surface area (Å²) >= 11 is 1.54. The van der Waals surface area contributed by atoms with E-state index in [0.717, 1.165) is 21.6 Å². The van der Waals surface area contributed by atoms with Gasteiger partial charge in [0, 0.05) is 28.7 Å². The maximum atomic E-state index is 10.9. The van der Waals surface area contributed by atoms with Crippen LogP contribution in [-0.4, -0.2) is 15.1 Å². The van der Waals surface area contributed by atoms with Crippen molar-refractivity contribution < 1.29 is 5.11 Å². The Bertz CT molecular complexity index is 1040. The number of thiazole rings is 1. The van der Waals surface area contributed by atoms with E-state index in [-0.39, 0.29) is 11.8 Å². The number of aromatic nitrogens is 2. The summed E-state index contributed by atoms with van der Waals surface area (Å²) in [5.41, 5.74) is 3.75. The molecule has 2 aromatic carbocycles. The molecule has 0 bridgehead atoms. The lowest BCUT2D eigenvalue weighted by atomic mass is 9.94. The van der Waals surface area contributed by atoms with Crippen molar-refractivity contribution in [2.45, 2.75) is 25.8 Å². The van der Waals surface area contributed by atoms with Gasteiger partial charge >= 0.3 is 0 Å². The zero-order valence-electron chi connectivity index (χ0n) is 15.3. The third-order valence-electron chi connectivity index (χ3n) is 4.73. The molecule has 4 aromatic rings. The first-order chi connectivity index (χ1) is 13.1. The number of hydrogen-bond donors (Lipinski definition) is 2. The standard InChI is InChI=1S/C22H21N3OS/c1-14(2)15-5-7-17(8-6-15)19(25-22-24-12-13-27-22)18-10-9-16-4-3-11-23-20(16)21(18)26/h3-14,19,26H,1-2H3,(H,24,25). The Morgan fingerprint density at radius 1 is 0.926 bits per heavy atom. The van der Waals surface area contributed by atoms with Crippen molar-refractivity contribution in [1.29, 1.82) is 0 Å². The number of phenols is 1. The van der Waals surface area contributed by atoms with E-state index in [1.54, 1.807) is 12.4 Å². The summed E-state index contributed by atoms with van der Waals surface area (Å²) in [6.07, 6.45) is 3.47. The van der Waals surface area contributed by atoms with Crippen LogP contribution in [-0.2, 0) is 0 Å². The SMILES string of the molecule is CC(C)c1ccc(C(Nc2nccs2)c2ccc3cccnc3c2O)cc1. The van der Waals surface area contributed by atoms with Gasteiger partial charge in [-0.15, -0.1) is 11.3 Å². The first-order valence-corrected chi connectivity index (χ1v) is 9.84. The summed E-state index contributed by atoms with van der Waals surface area (Å²) < 4.78 is 0. The first-order valence-electron chi connectivity index (χ1n) is 8.96. The van der Waals surface area contributed by atoms with E-state index >= 15 is 0 Å². The van der Waals surface area contributed by atoms with Crippen molar-refractivity contribution in [3.8, 4) is 5.75 Å². The topological polar surface area (TPSA) is 58.0 Å². The summed E-state index contributed by atoms with van der Waals surface area (Å²) in [5, 5.41) is 18.1. The van der Waals surface area contributed by atoms with Crippen molar-refractivity contribution in [1.82, 2.24) is 9.97 Å². The average Bonchev–Trinajstić information content (AvgIpc) is 3.20. The van der Waals surface area contributed by atoms with Crippen molar-refractivity contribution >= 4 is 27.4 Å². The molecule has 0 amide bonds. The molecule has 136 valence electrons. The van der Waals surface area contributed by atoms with E-state index in [4.69, 9.17) is 0 Å². The van der Waals surface area contributed by atoms with Gasteiger partial charge in [-0.25, -0.2) is 4.98 Å². The highest BCUT2D eigenvalue weighted by Gasteiger charge is 2.21. The lowest BCUT2D eigenvalue weighted by molar-refractivity contribution is 0.472. The Morgan fingerprint density at radius 3 is 2.41 bits per heavy atom. The van der Waals surface area contributed by atoms with Gasteiger partial charge in [0.15, 0.2) is 5.13 Å². The fourth-order valence-corrected chi connectivity index (χ4v) is 3.77. The van der Waals surface area contributed by atoms with Crippen molar-refractivity contribution in [2.75, 3.05) is 5.32 Å². The number of phenolic OH excluding ortho intramolecular Hbond substituents is 1. The molecule has 1 unspecified atom stereocenters. The van der Waals surface area contributed by atoms with Gasteiger partial charge in [-0.2, -0.15) is 0 Å². The van der Waals surface area contributed by atoms with Gasteiger partial charge in [0.1, 0.15) is 11.3 Å². The number of fused-ring (bicyclic) bond motifs is 1. The Kier molecular flexibility index (Phi) is 4.77. The van der Waals surface area contributed by atoms with Gasteiger partial charge in [0.2, 0.25) is 0 Å². The normalized spacial score (nSPS) is 12.4. The zero-order chi connectivity index (χ0) is 18.8. The van der Waals surface area contributed by atoms with Crippen molar-refractivity contribution in [3.05, 3.63) is 83.0 Å². The van der Waals surface area contributed by atoms with Crippen LogP contribution in [0.25, 0.3) is 10.9 Å². The van der Waals surface area contributed by atoms with Crippen LogP contribution in [0.15, 0.2) is 66.3 Å². The highest BCUT2D eigenvalue weighted by Crippen LogP contribution is 2.37. The van der Waals surface area contributed by atoms with Crippen LogP contribution in [0.5, 0.6) is 5.75 Å². The van der Waals surface area contributed by atoms with Crippen molar-refractivity contribution in [3.63, 3.8) is 0 Å². The summed E-state index contributed by atoms with van der Waals surface area (Å²) in [5.74, 6) is 0.679. The van der Waals surface area contributed by atoms with Gasteiger partial charge < -0.3 is 10.4 Å². The van der Waals surface area contributed by atoms with Gasteiger partial charge in [-0.1, -0.05) is 56.3 Å².